The van der Waals surface area contributed by atoms with E-state index in [1.807, 2.05) is 37.3 Å². The van der Waals surface area contributed by atoms with Crippen LogP contribution in [0, 0.1) is 6.92 Å². The zero-order valence-electron chi connectivity index (χ0n) is 10.4. The molecule has 0 saturated carbocycles. The largest absolute Gasteiger partial charge is 0.438 e. The van der Waals surface area contributed by atoms with Crippen molar-refractivity contribution < 1.29 is 4.74 Å². The summed E-state index contributed by atoms with van der Waals surface area (Å²) in [6.45, 7) is 1.87. The van der Waals surface area contributed by atoms with Crippen LogP contribution in [-0.2, 0) is 0 Å². The summed E-state index contributed by atoms with van der Waals surface area (Å²) < 4.78 is 5.73. The molecular formula is C14H12N4O. The summed E-state index contributed by atoms with van der Waals surface area (Å²) in [5, 5.41) is 1.06. The Kier molecular flexibility index (Phi) is 2.72. The molecule has 5 heteroatoms. The molecule has 0 amide bonds. The van der Waals surface area contributed by atoms with Gasteiger partial charge in [-0.05, 0) is 25.1 Å². The third-order valence-electron chi connectivity index (χ3n) is 2.74. The third-order valence-corrected chi connectivity index (χ3v) is 2.74. The molecule has 0 aliphatic carbocycles. The fourth-order valence-corrected chi connectivity index (χ4v) is 1.76. The van der Waals surface area contributed by atoms with E-state index >= 15 is 0 Å². The quantitative estimate of drug-likeness (QED) is 0.759. The first-order chi connectivity index (χ1) is 9.22. The van der Waals surface area contributed by atoms with Crippen molar-refractivity contribution in [2.24, 2.45) is 0 Å². The molecule has 1 aromatic carbocycles. The molecule has 0 aliphatic rings. The summed E-state index contributed by atoms with van der Waals surface area (Å²) in [6, 6.07) is 9.60. The van der Waals surface area contributed by atoms with E-state index in [9.17, 15) is 0 Å². The Morgan fingerprint density at radius 1 is 1.16 bits per heavy atom. The Morgan fingerprint density at radius 2 is 2.05 bits per heavy atom. The van der Waals surface area contributed by atoms with Crippen molar-refractivity contribution in [3.63, 3.8) is 0 Å². The van der Waals surface area contributed by atoms with E-state index in [1.165, 1.54) is 0 Å². The van der Waals surface area contributed by atoms with Gasteiger partial charge >= 0.3 is 0 Å². The predicted octanol–water partition coefficient (Wildman–Crippen LogP) is 2.71. The second-order valence-corrected chi connectivity index (χ2v) is 4.18. The Morgan fingerprint density at radius 3 is 2.95 bits per heavy atom. The van der Waals surface area contributed by atoms with Crippen LogP contribution in [0.3, 0.4) is 0 Å². The van der Waals surface area contributed by atoms with Crippen LogP contribution in [-0.4, -0.2) is 15.0 Å². The number of hydrogen-bond donors (Lipinski definition) is 1. The topological polar surface area (TPSA) is 73.9 Å². The number of pyridine rings is 1. The number of nitrogens with zero attached hydrogens (tertiary/aromatic N) is 3. The molecule has 0 saturated heterocycles. The average molecular weight is 252 g/mol. The van der Waals surface area contributed by atoms with Crippen molar-refractivity contribution in [1.29, 1.82) is 0 Å². The number of aromatic nitrogens is 3. The average Bonchev–Trinajstić information content (AvgIpc) is 2.43. The monoisotopic (exact) mass is 252 g/mol. The summed E-state index contributed by atoms with van der Waals surface area (Å²) in [6.07, 6.45) is 3.39. The molecule has 19 heavy (non-hydrogen) atoms. The van der Waals surface area contributed by atoms with Crippen molar-refractivity contribution >= 4 is 16.9 Å². The lowest BCUT2D eigenvalue weighted by atomic mass is 10.2. The number of hydrogen-bond acceptors (Lipinski definition) is 5. The van der Waals surface area contributed by atoms with Gasteiger partial charge in [0.1, 0.15) is 5.75 Å². The molecular weight excluding hydrogens is 240 g/mol. The smallest absolute Gasteiger partial charge is 0.226 e. The summed E-state index contributed by atoms with van der Waals surface area (Å²) in [5.74, 6) is 1.33. The highest BCUT2D eigenvalue weighted by Gasteiger charge is 2.05. The predicted molar refractivity (Wildman–Crippen MR) is 73.0 cm³/mol. The minimum absolute atomic E-state index is 0.194. The van der Waals surface area contributed by atoms with Gasteiger partial charge in [-0.2, -0.15) is 4.98 Å². The number of benzene rings is 1. The van der Waals surface area contributed by atoms with Gasteiger partial charge in [0.2, 0.25) is 11.8 Å². The van der Waals surface area contributed by atoms with E-state index in [-0.39, 0.29) is 5.95 Å². The lowest BCUT2D eigenvalue weighted by Gasteiger charge is -2.08. The van der Waals surface area contributed by atoms with Crippen molar-refractivity contribution in [3.8, 4) is 11.6 Å². The second-order valence-electron chi connectivity index (χ2n) is 4.18. The molecule has 94 valence electrons. The van der Waals surface area contributed by atoms with Crippen LogP contribution >= 0.6 is 0 Å². The molecule has 2 heterocycles. The fraction of sp³-hybridized carbons (Fsp3) is 0.0714. The van der Waals surface area contributed by atoms with Crippen LogP contribution in [0.15, 0.2) is 42.7 Å². The molecule has 3 rings (SSSR count). The molecule has 0 bridgehead atoms. The number of nitrogen functional groups attached to an aromatic ring is 1. The molecule has 2 aromatic heterocycles. The second kappa shape index (κ2) is 4.53. The summed E-state index contributed by atoms with van der Waals surface area (Å²) >= 11 is 0. The van der Waals surface area contributed by atoms with Crippen molar-refractivity contribution in [2.45, 2.75) is 6.92 Å². The number of aryl methyl sites for hydroxylation is 1. The van der Waals surface area contributed by atoms with Gasteiger partial charge in [-0.15, -0.1) is 0 Å². The van der Waals surface area contributed by atoms with E-state index < -0.39 is 0 Å². The zero-order chi connectivity index (χ0) is 13.2. The van der Waals surface area contributed by atoms with Crippen LogP contribution in [0.25, 0.3) is 10.9 Å². The van der Waals surface area contributed by atoms with Gasteiger partial charge in [0, 0.05) is 29.4 Å². The van der Waals surface area contributed by atoms with Gasteiger partial charge in [-0.3, -0.25) is 4.98 Å². The van der Waals surface area contributed by atoms with Crippen LogP contribution in [0.2, 0.25) is 0 Å². The van der Waals surface area contributed by atoms with E-state index in [0.717, 1.165) is 16.5 Å². The Balaban J connectivity index is 1.98. The van der Waals surface area contributed by atoms with Gasteiger partial charge in [0.25, 0.3) is 0 Å². The highest BCUT2D eigenvalue weighted by molar-refractivity contribution is 5.79. The SMILES string of the molecule is Cc1cnc(N)nc1Oc1ccc2cccnc2c1. The first-order valence-corrected chi connectivity index (χ1v) is 5.84. The Bertz CT molecular complexity index is 742. The fourth-order valence-electron chi connectivity index (χ4n) is 1.76. The zero-order valence-corrected chi connectivity index (χ0v) is 10.4. The maximum absolute atomic E-state index is 5.73. The Hall–Kier alpha value is -2.69. The van der Waals surface area contributed by atoms with E-state index in [4.69, 9.17) is 10.5 Å². The minimum Gasteiger partial charge on any atom is -0.438 e. The normalized spacial score (nSPS) is 10.6. The number of anilines is 1. The van der Waals surface area contributed by atoms with Gasteiger partial charge in [-0.1, -0.05) is 6.07 Å². The lowest BCUT2D eigenvalue weighted by Crippen LogP contribution is -1.98. The first kappa shape index (κ1) is 11.4. The number of fused-ring (bicyclic) bond motifs is 1. The van der Waals surface area contributed by atoms with Gasteiger partial charge in [-0.25, -0.2) is 4.98 Å². The van der Waals surface area contributed by atoms with Gasteiger partial charge in [0.05, 0.1) is 5.52 Å². The first-order valence-electron chi connectivity index (χ1n) is 5.84. The van der Waals surface area contributed by atoms with Gasteiger partial charge in [0.15, 0.2) is 0 Å². The molecule has 0 fully saturated rings. The third kappa shape index (κ3) is 2.30. The molecule has 5 nitrogen and oxygen atoms in total. The number of ether oxygens (including phenoxy) is 1. The standard InChI is InChI=1S/C14H12N4O/c1-9-8-17-14(15)18-13(9)19-11-5-4-10-3-2-6-16-12(10)7-11/h2-8H,1H3,(H2,15,17,18). The summed E-state index contributed by atoms with van der Waals surface area (Å²) in [4.78, 5) is 12.3. The van der Waals surface area contributed by atoms with Crippen LogP contribution in [0.4, 0.5) is 5.95 Å². The molecule has 0 unspecified atom stereocenters. The molecule has 0 radical (unpaired) electrons. The van der Waals surface area contributed by atoms with Crippen molar-refractivity contribution in [3.05, 3.63) is 48.3 Å². The van der Waals surface area contributed by atoms with E-state index in [0.29, 0.717) is 11.6 Å². The molecule has 3 aromatic rings. The highest BCUT2D eigenvalue weighted by Crippen LogP contribution is 2.25. The Labute approximate surface area is 110 Å². The van der Waals surface area contributed by atoms with Crippen molar-refractivity contribution in [2.75, 3.05) is 5.73 Å². The molecule has 0 spiro atoms. The molecule has 0 atom stereocenters. The minimum atomic E-state index is 0.194. The van der Waals surface area contributed by atoms with E-state index in [2.05, 4.69) is 15.0 Å². The maximum Gasteiger partial charge on any atom is 0.226 e. The van der Waals surface area contributed by atoms with Crippen LogP contribution in [0.1, 0.15) is 5.56 Å². The maximum atomic E-state index is 5.73. The summed E-state index contributed by atoms with van der Waals surface area (Å²) in [5.41, 5.74) is 7.26. The van der Waals surface area contributed by atoms with Crippen LogP contribution < -0.4 is 10.5 Å². The molecule has 2 N–H and O–H groups in total. The van der Waals surface area contributed by atoms with Gasteiger partial charge < -0.3 is 10.5 Å². The van der Waals surface area contributed by atoms with Crippen LogP contribution in [0.5, 0.6) is 11.6 Å². The van der Waals surface area contributed by atoms with Crippen molar-refractivity contribution in [1.82, 2.24) is 15.0 Å². The number of nitrogens with two attached hydrogens (primary N) is 1. The molecule has 0 aliphatic heterocycles. The van der Waals surface area contributed by atoms with E-state index in [1.54, 1.807) is 12.4 Å². The number of rotatable bonds is 2. The lowest BCUT2D eigenvalue weighted by molar-refractivity contribution is 0.459. The highest BCUT2D eigenvalue weighted by atomic mass is 16.5. The summed E-state index contributed by atoms with van der Waals surface area (Å²) in [7, 11) is 0.